The van der Waals surface area contributed by atoms with E-state index >= 15 is 8.42 Å². The second-order valence-electron chi connectivity index (χ2n) is 38.8. The van der Waals surface area contributed by atoms with Crippen LogP contribution < -0.4 is 16.7 Å². The van der Waals surface area contributed by atoms with Crippen molar-refractivity contribution in [3.63, 3.8) is 0 Å². The maximum absolute atomic E-state index is 16.0. The van der Waals surface area contributed by atoms with E-state index in [9.17, 15) is 0 Å². The number of unbranched alkanes of at least 4 members (excludes halogenated alkanes) is 60. The van der Waals surface area contributed by atoms with E-state index < -0.39 is 25.0 Å². The summed E-state index contributed by atoms with van der Waals surface area (Å²) in [5.41, 5.74) is 16.8. The molecule has 7 aromatic rings. The number of aliphatic imine (C=N–C) groups is 4. The summed E-state index contributed by atoms with van der Waals surface area (Å²) in [5, 5.41) is 3.45. The monoisotopic (exact) mass is 1750 g/mol. The van der Waals surface area contributed by atoms with Crippen LogP contribution in [0.4, 0.5) is 11.6 Å². The van der Waals surface area contributed by atoms with Gasteiger partial charge in [0.1, 0.15) is 22.6 Å². The Kier molecular flexibility index (Phi) is 46.7. The Morgan fingerprint density at radius 1 is 0.254 bits per heavy atom. The molecule has 0 saturated heterocycles. The highest BCUT2D eigenvalue weighted by atomic mass is 32.2. The van der Waals surface area contributed by atoms with Gasteiger partial charge >= 0.3 is 14.9 Å². The van der Waals surface area contributed by atoms with Crippen molar-refractivity contribution < 1.29 is 11.7 Å². The van der Waals surface area contributed by atoms with Gasteiger partial charge in [-0.05, 0) is 129 Å². The summed E-state index contributed by atoms with van der Waals surface area (Å²) in [4.78, 5) is 34.7. The van der Waals surface area contributed by atoms with Crippen molar-refractivity contribution in [3.05, 3.63) is 158 Å². The molecule has 4 aliphatic rings. The Labute approximate surface area is 770 Å². The highest BCUT2D eigenvalue weighted by Crippen LogP contribution is 2.43. The summed E-state index contributed by atoms with van der Waals surface area (Å²) in [6, 6.07) is 34.4. The van der Waals surface area contributed by atoms with Crippen molar-refractivity contribution in [2.45, 2.75) is 476 Å². The number of hydrogen-bond acceptors (Lipinski definition) is 10. The molecular formula is C112H170AlN9O3S. The molecule has 6 heterocycles. The van der Waals surface area contributed by atoms with E-state index in [1.54, 1.807) is 12.1 Å². The van der Waals surface area contributed by atoms with E-state index in [1.807, 2.05) is 12.1 Å². The molecule has 2 aromatic heterocycles. The summed E-state index contributed by atoms with van der Waals surface area (Å²) in [6.07, 6.45) is 89.5. The van der Waals surface area contributed by atoms with Crippen molar-refractivity contribution in [3.8, 4) is 0 Å². The molecule has 4 aliphatic heterocycles. The molecule has 14 heteroatoms. The van der Waals surface area contributed by atoms with Gasteiger partial charge in [0, 0.05) is 43.8 Å². The molecule has 0 saturated carbocycles. The van der Waals surface area contributed by atoms with E-state index in [1.165, 1.54) is 395 Å². The smallest absolute Gasteiger partial charge is 0.358 e. The standard InChI is InChI=1S/C104H160N8.C8H11NO3S.Al/c1-5-9-13-17-21-25-29-33-37-41-45-49-53-57-61-65-69-85-73-77-89-93(81-85)101-105-97(89)110-102-95-83-87(71-67-63-59-55-51-47-43-39-35-31-27-23-19-15-11-7-3)75-79-91(95)99(107-102)112-104-96-84-88(72-68-64-60-56-52-48-44-40-36-32-28-24-20-16-12-8-4)76-80-92(96)100(108-104)111-103-94-82-86(74-78-90(94)98(106-103)109-101)70-66-62-58-54-50-46-42-38-34-30-26-22-18-14-10-6-2;9-6-5-7-1-3-8(4-2-7)13(10,11)12;/h73-84H,5-72H2,1-4H3;1-4H,5-6,9H2,(H,10,11,12);/q-2;;+3/p-1. The van der Waals surface area contributed by atoms with Gasteiger partial charge in [-0.3, -0.25) is 0 Å². The molecule has 0 amide bonds. The quantitative estimate of drug-likeness (QED) is 0.0298. The maximum atomic E-state index is 16.0. The van der Waals surface area contributed by atoms with Crippen LogP contribution in [0.2, 0.25) is 0 Å². The third-order valence-corrected chi connectivity index (χ3v) is 32.4. The normalized spacial score (nSPS) is 13.4. The molecule has 12 nitrogen and oxygen atoms in total. The van der Waals surface area contributed by atoms with Crippen molar-refractivity contribution in [1.82, 2.24) is 7.10 Å². The van der Waals surface area contributed by atoms with Gasteiger partial charge in [-0.25, -0.2) is 30.0 Å². The van der Waals surface area contributed by atoms with Crippen LogP contribution >= 0.6 is 0 Å². The first-order chi connectivity index (χ1) is 62.2. The minimum absolute atomic E-state index is 0.0655. The zero-order valence-corrected chi connectivity index (χ0v) is 82.1. The number of rotatable bonds is 73. The average molecular weight is 1750 g/mol. The Bertz CT molecular complexity index is 4700. The van der Waals surface area contributed by atoms with E-state index in [-0.39, 0.29) is 4.90 Å². The van der Waals surface area contributed by atoms with E-state index in [0.717, 1.165) is 114 Å². The first-order valence-electron chi connectivity index (χ1n) is 53.3. The second kappa shape index (κ2) is 58.6. The van der Waals surface area contributed by atoms with Gasteiger partial charge in [0.2, 0.25) is 0 Å². The lowest BCUT2D eigenvalue weighted by Gasteiger charge is -2.19. The minimum Gasteiger partial charge on any atom is -0.358 e. The van der Waals surface area contributed by atoms with Crippen LogP contribution in [0.5, 0.6) is 0 Å². The summed E-state index contributed by atoms with van der Waals surface area (Å²) >= 11 is -3.90. The Morgan fingerprint density at radius 3 is 0.857 bits per heavy atom. The largest absolute Gasteiger partial charge is 0.825 e. The highest BCUT2D eigenvalue weighted by Gasteiger charge is 2.46. The van der Waals surface area contributed by atoms with Crippen LogP contribution in [0.1, 0.15) is 489 Å². The highest BCUT2D eigenvalue weighted by molar-refractivity contribution is 7.87. The number of hydrogen-bond donors (Lipinski definition) is 1. The molecule has 0 unspecified atom stereocenters. The van der Waals surface area contributed by atoms with Gasteiger partial charge in [0.05, 0.1) is 4.90 Å². The molecule has 126 heavy (non-hydrogen) atoms. The fourth-order valence-corrected chi connectivity index (χ4v) is 24.5. The van der Waals surface area contributed by atoms with Crippen LogP contribution in [0, 0.1) is 0 Å². The molecule has 11 rings (SSSR count). The Hall–Kier alpha value is -6.14. The van der Waals surface area contributed by atoms with E-state index in [4.69, 9.17) is 38.9 Å². The van der Waals surface area contributed by atoms with Gasteiger partial charge in [-0.15, -0.1) is 0 Å². The third-order valence-electron chi connectivity index (χ3n) is 28.0. The fraction of sp³-hybridized carbons (Fsp3) is 0.661. The van der Waals surface area contributed by atoms with Gasteiger partial charge < -0.3 is 16.1 Å². The van der Waals surface area contributed by atoms with Gasteiger partial charge in [0.15, 0.2) is 23.3 Å². The Morgan fingerprint density at radius 2 is 0.516 bits per heavy atom. The summed E-state index contributed by atoms with van der Waals surface area (Å²) < 4.78 is 43.6. The number of aryl methyl sites for hydroxylation is 4. The molecular weight excluding hydrogens is 1580 g/mol. The lowest BCUT2D eigenvalue weighted by atomic mass is 9.99. The number of nitrogens with zero attached hydrogens (tertiary/aromatic N) is 8. The molecule has 2 N–H and O–H groups in total. The predicted octanol–water partition coefficient (Wildman–Crippen LogP) is 32.0. The summed E-state index contributed by atoms with van der Waals surface area (Å²) in [5.74, 6) is 3.30. The molecule has 5 aromatic carbocycles. The number of benzene rings is 5. The van der Waals surface area contributed by atoms with E-state index in [0.29, 0.717) is 58.9 Å². The summed E-state index contributed by atoms with van der Waals surface area (Å²) in [6.45, 7) is 9.66. The topological polar surface area (TPSA) is 153 Å². The summed E-state index contributed by atoms with van der Waals surface area (Å²) in [7, 11) is -4.57. The number of amidine groups is 4. The predicted molar refractivity (Wildman–Crippen MR) is 542 cm³/mol. The molecule has 0 radical (unpaired) electrons. The van der Waals surface area contributed by atoms with Crippen LogP contribution in [-0.2, 0) is 45.5 Å². The number of aromatic nitrogens is 2. The van der Waals surface area contributed by atoms with Crippen molar-refractivity contribution in [2.75, 3.05) is 6.54 Å². The van der Waals surface area contributed by atoms with Gasteiger partial charge in [-0.1, -0.05) is 474 Å². The molecule has 6 bridgehead atoms. The molecule has 0 atom stereocenters. The fourth-order valence-electron chi connectivity index (χ4n) is 20.2. The average Bonchev–Trinajstić information content (AvgIpc) is 1.55. The van der Waals surface area contributed by atoms with Crippen molar-refractivity contribution >= 4 is 81.6 Å². The first kappa shape index (κ1) is 100. The second-order valence-corrected chi connectivity index (χ2v) is 42.6. The zero-order valence-electron chi connectivity index (χ0n) is 80.1. The van der Waals surface area contributed by atoms with Crippen LogP contribution in [-0.4, -0.2) is 60.3 Å². The minimum atomic E-state index is -4.57. The SMILES string of the molecule is CCCCCCCCCCCCCCCCCCc1ccc2c(c1)C1=NC2=Nc2c3cc(CCCCCCCCCCCCCCCCCC)ccc3c3[n]2[Al]([O]S(=O)(=O)c2ccc(CCN)cc2)[n]2c(c4ccc(CCCCCCCCCCCCCCCCCC)cc4c2=NC2=NC(=N3)c3cc(CCCCCCCCCCCCCCCCCC)ccc32)=N1. The van der Waals surface area contributed by atoms with Gasteiger partial charge in [-0.2, -0.15) is 8.42 Å². The first-order valence-corrected chi connectivity index (χ1v) is 56.2. The van der Waals surface area contributed by atoms with Crippen molar-refractivity contribution in [2.24, 2.45) is 35.7 Å². The third kappa shape index (κ3) is 32.7. The van der Waals surface area contributed by atoms with E-state index in [2.05, 4.69) is 108 Å². The Balaban J connectivity index is 0.923. The van der Waals surface area contributed by atoms with Crippen LogP contribution in [0.15, 0.2) is 132 Å². The molecule has 0 spiro atoms. The zero-order chi connectivity index (χ0) is 87.7. The number of fused-ring (bicyclic) bond motifs is 14. The van der Waals surface area contributed by atoms with Crippen molar-refractivity contribution in [1.29, 1.82) is 0 Å². The molecule has 690 valence electrons. The van der Waals surface area contributed by atoms with Gasteiger partial charge in [0.25, 0.3) is 10.1 Å². The van der Waals surface area contributed by atoms with Crippen LogP contribution in [0.3, 0.4) is 0 Å². The van der Waals surface area contributed by atoms with Crippen LogP contribution in [0.25, 0.3) is 21.5 Å². The lowest BCUT2D eigenvalue weighted by Crippen LogP contribution is -2.49. The molecule has 0 fully saturated rings. The maximum Gasteiger partial charge on any atom is 0.825 e. The lowest BCUT2D eigenvalue weighted by molar-refractivity contribution is 0.476. The number of nitrogens with two attached hydrogens (primary N) is 1. The molecule has 0 aliphatic carbocycles.